The second kappa shape index (κ2) is 8.68. The van der Waals surface area contributed by atoms with Gasteiger partial charge in [0.15, 0.2) is 0 Å². The first-order valence-corrected chi connectivity index (χ1v) is 10.2. The first kappa shape index (κ1) is 20.7. The van der Waals surface area contributed by atoms with Gasteiger partial charge in [0.25, 0.3) is 0 Å². The van der Waals surface area contributed by atoms with Crippen LogP contribution in [0.1, 0.15) is 46.2 Å². The Bertz CT molecular complexity index is 1290. The molecule has 1 aromatic heterocycles. The summed E-state index contributed by atoms with van der Waals surface area (Å²) in [4.78, 5) is 16.7. The first-order valence-electron chi connectivity index (χ1n) is 10.2. The van der Waals surface area contributed by atoms with Crippen molar-refractivity contribution in [1.29, 1.82) is 15.8 Å². The topological polar surface area (TPSA) is 101 Å². The predicted molar refractivity (Wildman–Crippen MR) is 118 cm³/mol. The van der Waals surface area contributed by atoms with E-state index in [9.17, 15) is 20.6 Å². The lowest BCUT2D eigenvalue weighted by atomic mass is 9.55. The fourth-order valence-corrected chi connectivity index (χ4v) is 4.67. The zero-order chi connectivity index (χ0) is 22.6. The minimum atomic E-state index is -1.16. The van der Waals surface area contributed by atoms with Crippen molar-refractivity contribution in [2.75, 3.05) is 0 Å². The van der Waals surface area contributed by atoms with Crippen molar-refractivity contribution in [3.8, 4) is 18.2 Å². The van der Waals surface area contributed by atoms with Gasteiger partial charge in [0.2, 0.25) is 0 Å². The van der Waals surface area contributed by atoms with Gasteiger partial charge in [-0.3, -0.25) is 9.78 Å². The van der Waals surface area contributed by atoms with Crippen LogP contribution in [0.15, 0.2) is 84.6 Å². The smallest absolute Gasteiger partial charge is 0.146 e. The molecule has 3 atom stereocenters. The van der Waals surface area contributed by atoms with Crippen LogP contribution in [-0.2, 0) is 10.2 Å². The van der Waals surface area contributed by atoms with Crippen molar-refractivity contribution in [2.45, 2.75) is 23.7 Å². The molecule has 152 valence electrons. The average Bonchev–Trinajstić information content (AvgIpc) is 2.88. The van der Waals surface area contributed by atoms with Crippen molar-refractivity contribution in [3.63, 3.8) is 0 Å². The van der Waals surface area contributed by atoms with Crippen LogP contribution in [0.2, 0.25) is 0 Å². The Hall–Kier alpha value is -4.53. The van der Waals surface area contributed by atoms with Gasteiger partial charge in [0.1, 0.15) is 11.7 Å². The fraction of sp³-hybridized carbons (Fsp3) is 0.148. The van der Waals surface area contributed by atoms with Gasteiger partial charge in [0, 0.05) is 18.0 Å². The summed E-state index contributed by atoms with van der Waals surface area (Å²) in [6.07, 6.45) is 4.83. The molecule has 1 aliphatic carbocycles. The standard InChI is InChI=1S/C27H18N4O/c28-15-19-4-8-21(9-5-19)24-13-12-23(17-32)26(22-10-6-20(16-29)7-11-22)27(24,18-30)25-3-1-2-14-31-25/h1-12,14,17,24,26H,13H2/t24-,26+,27+/m0/s1. The number of aromatic nitrogens is 1. The molecule has 0 bridgehead atoms. The van der Waals surface area contributed by atoms with Crippen LogP contribution < -0.4 is 0 Å². The van der Waals surface area contributed by atoms with Crippen molar-refractivity contribution in [3.05, 3.63) is 113 Å². The van der Waals surface area contributed by atoms with E-state index in [-0.39, 0.29) is 5.92 Å². The number of pyridine rings is 1. The summed E-state index contributed by atoms with van der Waals surface area (Å²) in [6, 6.07) is 26.5. The molecule has 0 amide bonds. The van der Waals surface area contributed by atoms with Gasteiger partial charge in [0.05, 0.1) is 35.0 Å². The van der Waals surface area contributed by atoms with Crippen molar-refractivity contribution in [1.82, 2.24) is 4.98 Å². The summed E-state index contributed by atoms with van der Waals surface area (Å²) in [5, 5.41) is 29.1. The second-order valence-corrected chi connectivity index (χ2v) is 7.71. The first-order chi connectivity index (χ1) is 15.7. The van der Waals surface area contributed by atoms with Crippen LogP contribution in [0, 0.1) is 34.0 Å². The largest absolute Gasteiger partial charge is 0.298 e. The van der Waals surface area contributed by atoms with Crippen molar-refractivity contribution < 1.29 is 4.79 Å². The molecule has 4 rings (SSSR count). The number of nitrogens with zero attached hydrogens (tertiary/aromatic N) is 4. The molecule has 0 saturated heterocycles. The number of aldehydes is 1. The van der Waals surface area contributed by atoms with Gasteiger partial charge in [-0.25, -0.2) is 0 Å². The number of hydrogen-bond acceptors (Lipinski definition) is 5. The molecule has 0 fully saturated rings. The van der Waals surface area contributed by atoms with E-state index in [1.54, 1.807) is 48.7 Å². The average molecular weight is 414 g/mol. The van der Waals surface area contributed by atoms with Crippen LogP contribution in [0.5, 0.6) is 0 Å². The van der Waals surface area contributed by atoms with Gasteiger partial charge >= 0.3 is 0 Å². The number of carbonyl (C=O) groups excluding carboxylic acids is 1. The molecule has 0 N–H and O–H groups in total. The number of rotatable bonds is 4. The molecule has 0 unspecified atom stereocenters. The quantitative estimate of drug-likeness (QED) is 0.577. The van der Waals surface area contributed by atoms with Crippen LogP contribution in [0.3, 0.4) is 0 Å². The summed E-state index contributed by atoms with van der Waals surface area (Å²) in [5.74, 6) is -0.860. The SMILES string of the molecule is N#Cc1ccc([C@@H]2CC=C(C=O)[C@@H](c3ccc(C#N)cc3)[C@@]2(C#N)c2ccccn2)cc1. The fourth-order valence-electron chi connectivity index (χ4n) is 4.67. The molecule has 5 heteroatoms. The van der Waals surface area contributed by atoms with Gasteiger partial charge in [-0.1, -0.05) is 36.4 Å². The summed E-state index contributed by atoms with van der Waals surface area (Å²) in [5.41, 5.74) is 2.66. The van der Waals surface area contributed by atoms with Crippen molar-refractivity contribution in [2.24, 2.45) is 0 Å². The van der Waals surface area contributed by atoms with E-state index >= 15 is 0 Å². The zero-order valence-electron chi connectivity index (χ0n) is 17.1. The molecule has 0 radical (unpaired) electrons. The van der Waals surface area contributed by atoms with Gasteiger partial charge in [-0.2, -0.15) is 15.8 Å². The molecule has 0 aliphatic heterocycles. The zero-order valence-corrected chi connectivity index (χ0v) is 17.1. The van der Waals surface area contributed by atoms with E-state index in [1.807, 2.05) is 30.3 Å². The maximum Gasteiger partial charge on any atom is 0.146 e. The Labute approximate surface area is 186 Å². The molecule has 1 aliphatic rings. The minimum Gasteiger partial charge on any atom is -0.298 e. The third kappa shape index (κ3) is 3.35. The van der Waals surface area contributed by atoms with Gasteiger partial charge in [-0.05, 0) is 59.5 Å². The normalized spacial score (nSPS) is 22.0. The number of carbonyl (C=O) groups is 1. The number of benzene rings is 2. The predicted octanol–water partition coefficient (Wildman–Crippen LogP) is 4.68. The highest BCUT2D eigenvalue weighted by atomic mass is 16.1. The lowest BCUT2D eigenvalue weighted by molar-refractivity contribution is -0.105. The summed E-state index contributed by atoms with van der Waals surface area (Å²) >= 11 is 0. The second-order valence-electron chi connectivity index (χ2n) is 7.71. The molecule has 1 heterocycles. The lowest BCUT2D eigenvalue weighted by Crippen LogP contribution is -2.43. The Kier molecular flexibility index (Phi) is 5.63. The van der Waals surface area contributed by atoms with E-state index in [1.165, 1.54) is 0 Å². The third-order valence-corrected chi connectivity index (χ3v) is 6.15. The third-order valence-electron chi connectivity index (χ3n) is 6.15. The van der Waals surface area contributed by atoms with Crippen LogP contribution in [0.25, 0.3) is 0 Å². The van der Waals surface area contributed by atoms with Gasteiger partial charge < -0.3 is 0 Å². The van der Waals surface area contributed by atoms with E-state index < -0.39 is 11.3 Å². The Morgan fingerprint density at radius 2 is 1.50 bits per heavy atom. The van der Waals surface area contributed by atoms with Crippen LogP contribution in [-0.4, -0.2) is 11.3 Å². The van der Waals surface area contributed by atoms with E-state index in [0.29, 0.717) is 28.8 Å². The summed E-state index contributed by atoms with van der Waals surface area (Å²) in [7, 11) is 0. The molecule has 3 aromatic rings. The van der Waals surface area contributed by atoms with Gasteiger partial charge in [-0.15, -0.1) is 0 Å². The Morgan fingerprint density at radius 3 is 2.00 bits per heavy atom. The number of allylic oxidation sites excluding steroid dienone is 2. The molecular formula is C27H18N4O. The summed E-state index contributed by atoms with van der Waals surface area (Å²) in [6.45, 7) is 0. The van der Waals surface area contributed by atoms with Crippen LogP contribution >= 0.6 is 0 Å². The lowest BCUT2D eigenvalue weighted by Gasteiger charge is -2.44. The number of nitriles is 3. The summed E-state index contributed by atoms with van der Waals surface area (Å²) < 4.78 is 0. The maximum absolute atomic E-state index is 12.1. The molecule has 0 saturated carbocycles. The highest BCUT2D eigenvalue weighted by molar-refractivity contribution is 5.78. The highest BCUT2D eigenvalue weighted by Gasteiger charge is 2.53. The molecule has 0 spiro atoms. The minimum absolute atomic E-state index is 0.292. The van der Waals surface area contributed by atoms with E-state index in [2.05, 4.69) is 23.2 Å². The molecule has 5 nitrogen and oxygen atoms in total. The van der Waals surface area contributed by atoms with Crippen molar-refractivity contribution >= 4 is 6.29 Å². The molecule has 2 aromatic carbocycles. The van der Waals surface area contributed by atoms with Crippen LogP contribution in [0.4, 0.5) is 0 Å². The van der Waals surface area contributed by atoms with E-state index in [4.69, 9.17) is 0 Å². The maximum atomic E-state index is 12.1. The molecular weight excluding hydrogens is 396 g/mol. The highest BCUT2D eigenvalue weighted by Crippen LogP contribution is 2.55. The number of hydrogen-bond donors (Lipinski definition) is 0. The monoisotopic (exact) mass is 414 g/mol. The Morgan fingerprint density at radius 1 is 0.875 bits per heavy atom. The Balaban J connectivity index is 1.99. The molecule has 32 heavy (non-hydrogen) atoms. The van der Waals surface area contributed by atoms with E-state index in [0.717, 1.165) is 17.4 Å².